The molecule has 2 rings (SSSR count). The first kappa shape index (κ1) is 18.0. The quantitative estimate of drug-likeness (QED) is 0.440. The Labute approximate surface area is 151 Å². The fraction of sp³-hybridized carbons (Fsp3) is 0.0625. The molecule has 6 nitrogen and oxygen atoms in total. The molecule has 0 spiro atoms. The number of hydrogen-bond donors (Lipinski definition) is 1. The summed E-state index contributed by atoms with van der Waals surface area (Å²) in [4.78, 5) is 22.1. The van der Waals surface area contributed by atoms with E-state index >= 15 is 0 Å². The number of nitrogens with zero attached hydrogens (tertiary/aromatic N) is 1. The maximum atomic E-state index is 11.9. The van der Waals surface area contributed by atoms with Crippen LogP contribution in [0.5, 0.6) is 5.75 Å². The molecule has 0 aliphatic heterocycles. The lowest BCUT2D eigenvalue weighted by molar-refractivity contribution is -0.384. The van der Waals surface area contributed by atoms with Crippen molar-refractivity contribution in [2.75, 3.05) is 12.4 Å². The summed E-state index contributed by atoms with van der Waals surface area (Å²) in [5.74, 6) is 0.267. The average Bonchev–Trinajstić information content (AvgIpc) is 2.54. The molecule has 0 bridgehead atoms. The summed E-state index contributed by atoms with van der Waals surface area (Å²) in [6.45, 7) is 0. The van der Waals surface area contributed by atoms with Crippen molar-refractivity contribution in [2.45, 2.75) is 0 Å². The zero-order chi connectivity index (χ0) is 17.7. The number of rotatable bonds is 5. The van der Waals surface area contributed by atoms with Gasteiger partial charge in [-0.1, -0.05) is 17.7 Å². The van der Waals surface area contributed by atoms with Crippen LogP contribution in [0.25, 0.3) is 6.08 Å². The minimum Gasteiger partial charge on any atom is -0.496 e. The maximum Gasteiger partial charge on any atom is 0.289 e. The highest BCUT2D eigenvalue weighted by Crippen LogP contribution is 2.28. The summed E-state index contributed by atoms with van der Waals surface area (Å²) in [6.07, 6.45) is 2.94. The van der Waals surface area contributed by atoms with Gasteiger partial charge in [0.15, 0.2) is 0 Å². The summed E-state index contributed by atoms with van der Waals surface area (Å²) >= 11 is 9.09. The number of carbonyl (C=O) groups excluding carboxylic acids is 1. The van der Waals surface area contributed by atoms with Crippen molar-refractivity contribution in [1.29, 1.82) is 0 Å². The van der Waals surface area contributed by atoms with Crippen LogP contribution in [-0.4, -0.2) is 17.9 Å². The molecule has 0 aromatic heterocycles. The molecule has 0 atom stereocenters. The number of benzene rings is 2. The normalized spacial score (nSPS) is 10.6. The van der Waals surface area contributed by atoms with Crippen molar-refractivity contribution in [2.24, 2.45) is 0 Å². The molecular weight excluding hydrogens is 400 g/mol. The number of halogens is 2. The summed E-state index contributed by atoms with van der Waals surface area (Å²) in [7, 11) is 1.56. The number of anilines is 1. The standard InChI is InChI=1S/C16H12BrClN2O4/c1-24-15-6-2-10(8-12(15)17)3-7-16(21)19-11-4-5-13(18)14(9-11)20(22)23/h2-9H,1H3,(H,19,21). The summed E-state index contributed by atoms with van der Waals surface area (Å²) < 4.78 is 5.89. The van der Waals surface area contributed by atoms with E-state index in [9.17, 15) is 14.9 Å². The molecule has 0 saturated heterocycles. The molecule has 8 heteroatoms. The molecule has 0 radical (unpaired) electrons. The SMILES string of the molecule is COc1ccc(C=CC(=O)Nc2ccc(Cl)c([N+](=O)[O-])c2)cc1Br. The Morgan fingerprint density at radius 3 is 2.71 bits per heavy atom. The van der Waals surface area contributed by atoms with Crippen molar-refractivity contribution in [3.63, 3.8) is 0 Å². The molecule has 24 heavy (non-hydrogen) atoms. The molecule has 1 amide bonds. The Bertz CT molecular complexity index is 824. The van der Waals surface area contributed by atoms with Crippen LogP contribution in [0, 0.1) is 10.1 Å². The Kier molecular flexibility index (Phi) is 5.94. The largest absolute Gasteiger partial charge is 0.496 e. The molecule has 124 valence electrons. The number of nitrogens with one attached hydrogen (secondary N) is 1. The van der Waals surface area contributed by atoms with E-state index in [1.165, 1.54) is 24.3 Å². The predicted octanol–water partition coefficient (Wildman–Crippen LogP) is 4.67. The van der Waals surface area contributed by atoms with Crippen LogP contribution in [0.4, 0.5) is 11.4 Å². The number of amides is 1. The number of nitro benzene ring substituents is 1. The first-order valence-corrected chi connectivity index (χ1v) is 7.84. The first-order chi connectivity index (χ1) is 11.4. The van der Waals surface area contributed by atoms with E-state index in [0.717, 1.165) is 10.0 Å². The summed E-state index contributed by atoms with van der Waals surface area (Å²) in [5, 5.41) is 13.4. The summed E-state index contributed by atoms with van der Waals surface area (Å²) in [6, 6.07) is 9.42. The van der Waals surface area contributed by atoms with Crippen LogP contribution >= 0.6 is 27.5 Å². The van der Waals surface area contributed by atoms with E-state index in [-0.39, 0.29) is 16.4 Å². The molecular formula is C16H12BrClN2O4. The highest BCUT2D eigenvalue weighted by atomic mass is 79.9. The van der Waals surface area contributed by atoms with E-state index in [1.807, 2.05) is 0 Å². The van der Waals surface area contributed by atoms with E-state index in [2.05, 4.69) is 21.2 Å². The number of hydrogen-bond acceptors (Lipinski definition) is 4. The zero-order valence-corrected chi connectivity index (χ0v) is 14.8. The Morgan fingerprint density at radius 1 is 1.33 bits per heavy atom. The molecule has 0 heterocycles. The van der Waals surface area contributed by atoms with Crippen molar-refractivity contribution in [3.8, 4) is 5.75 Å². The van der Waals surface area contributed by atoms with E-state index in [0.29, 0.717) is 5.75 Å². The molecule has 2 aromatic rings. The Morgan fingerprint density at radius 2 is 2.08 bits per heavy atom. The lowest BCUT2D eigenvalue weighted by atomic mass is 10.2. The van der Waals surface area contributed by atoms with Crippen LogP contribution < -0.4 is 10.1 Å². The highest BCUT2D eigenvalue weighted by molar-refractivity contribution is 9.10. The van der Waals surface area contributed by atoms with Crippen molar-refractivity contribution >= 4 is 50.9 Å². The minimum absolute atomic E-state index is 0.0108. The molecule has 1 N–H and O–H groups in total. The van der Waals surface area contributed by atoms with Gasteiger partial charge >= 0.3 is 0 Å². The Balaban J connectivity index is 2.09. The topological polar surface area (TPSA) is 81.5 Å². The smallest absolute Gasteiger partial charge is 0.289 e. The zero-order valence-electron chi connectivity index (χ0n) is 12.5. The van der Waals surface area contributed by atoms with Gasteiger partial charge in [0.1, 0.15) is 10.8 Å². The summed E-state index contributed by atoms with van der Waals surface area (Å²) in [5.41, 5.74) is 0.814. The van der Waals surface area contributed by atoms with Crippen LogP contribution in [0.2, 0.25) is 5.02 Å². The van der Waals surface area contributed by atoms with Crippen molar-refractivity contribution < 1.29 is 14.5 Å². The van der Waals surface area contributed by atoms with E-state index in [4.69, 9.17) is 16.3 Å². The molecule has 0 aliphatic carbocycles. The van der Waals surface area contributed by atoms with Gasteiger partial charge in [-0.25, -0.2) is 0 Å². The van der Waals surface area contributed by atoms with Gasteiger partial charge in [0, 0.05) is 17.8 Å². The fourth-order valence-corrected chi connectivity index (χ4v) is 2.62. The van der Waals surface area contributed by atoms with Crippen LogP contribution in [0.15, 0.2) is 46.9 Å². The Hall–Kier alpha value is -2.38. The van der Waals surface area contributed by atoms with Crippen LogP contribution in [-0.2, 0) is 4.79 Å². The number of nitro groups is 1. The maximum absolute atomic E-state index is 11.9. The fourth-order valence-electron chi connectivity index (χ4n) is 1.87. The third kappa shape index (κ3) is 4.56. The van der Waals surface area contributed by atoms with Gasteiger partial charge in [0.2, 0.25) is 5.91 Å². The van der Waals surface area contributed by atoms with Gasteiger partial charge in [-0.15, -0.1) is 0 Å². The van der Waals surface area contributed by atoms with Gasteiger partial charge in [-0.05, 0) is 51.8 Å². The molecule has 2 aromatic carbocycles. The van der Waals surface area contributed by atoms with Gasteiger partial charge in [0.25, 0.3) is 5.69 Å². The second-order valence-corrected chi connectivity index (χ2v) is 5.90. The molecule has 0 fully saturated rings. The monoisotopic (exact) mass is 410 g/mol. The lowest BCUT2D eigenvalue weighted by Crippen LogP contribution is -2.08. The van der Waals surface area contributed by atoms with Gasteiger partial charge in [-0.2, -0.15) is 0 Å². The van der Waals surface area contributed by atoms with Crippen LogP contribution in [0.1, 0.15) is 5.56 Å². The molecule has 0 saturated carbocycles. The average molecular weight is 412 g/mol. The van der Waals surface area contributed by atoms with E-state index in [1.54, 1.807) is 31.4 Å². The van der Waals surface area contributed by atoms with Crippen molar-refractivity contribution in [1.82, 2.24) is 0 Å². The minimum atomic E-state index is -0.608. The van der Waals surface area contributed by atoms with Gasteiger partial charge in [-0.3, -0.25) is 14.9 Å². The van der Waals surface area contributed by atoms with Gasteiger partial charge < -0.3 is 10.1 Å². The number of carbonyl (C=O) groups is 1. The van der Waals surface area contributed by atoms with Crippen molar-refractivity contribution in [3.05, 3.63) is 67.6 Å². The van der Waals surface area contributed by atoms with Crippen LogP contribution in [0.3, 0.4) is 0 Å². The van der Waals surface area contributed by atoms with Gasteiger partial charge in [0.05, 0.1) is 16.5 Å². The second-order valence-electron chi connectivity index (χ2n) is 4.64. The predicted molar refractivity (Wildman–Crippen MR) is 96.5 cm³/mol. The molecule has 0 unspecified atom stereocenters. The first-order valence-electron chi connectivity index (χ1n) is 6.67. The number of methoxy groups -OCH3 is 1. The number of ether oxygens (including phenoxy) is 1. The second kappa shape index (κ2) is 7.94. The highest BCUT2D eigenvalue weighted by Gasteiger charge is 2.13. The lowest BCUT2D eigenvalue weighted by Gasteiger charge is -2.04. The third-order valence-corrected chi connectivity index (χ3v) is 3.95. The third-order valence-electron chi connectivity index (χ3n) is 3.01. The molecule has 0 aliphatic rings. The van der Waals surface area contributed by atoms with E-state index < -0.39 is 10.8 Å².